The van der Waals surface area contributed by atoms with Crippen molar-refractivity contribution in [1.82, 2.24) is 4.90 Å². The molecular weight excluding hydrogens is 329 g/mol. The second-order valence-electron chi connectivity index (χ2n) is 8.42. The van der Waals surface area contributed by atoms with E-state index in [0.717, 1.165) is 37.1 Å². The number of hydrogen-bond donors (Lipinski definition) is 0. The Kier molecular flexibility index (Phi) is 5.36. The third kappa shape index (κ3) is 4.07. The summed E-state index contributed by atoms with van der Waals surface area (Å²) in [5.41, 5.74) is 0.283. The van der Waals surface area contributed by atoms with Crippen LogP contribution in [0, 0.1) is 5.92 Å². The molecule has 0 radical (unpaired) electrons. The molecule has 26 heavy (non-hydrogen) atoms. The minimum Gasteiger partial charge on any atom is -0.493 e. The number of nitrogens with zero attached hydrogens (tertiary/aromatic N) is 1. The van der Waals surface area contributed by atoms with Gasteiger partial charge in [0.1, 0.15) is 5.75 Å². The van der Waals surface area contributed by atoms with E-state index in [0.29, 0.717) is 12.5 Å². The number of ether oxygens (including phenoxy) is 1. The summed E-state index contributed by atoms with van der Waals surface area (Å²) in [4.78, 5) is 13.3. The first-order chi connectivity index (χ1) is 12.2. The number of benzene rings is 1. The number of piperidine rings is 1. The Hall–Kier alpha value is -1.53. The molecule has 3 rings (SSSR count). The topological polar surface area (TPSA) is 48.0 Å². The fraction of sp³-hybridized carbons (Fsp3) is 0.650. The zero-order valence-electron chi connectivity index (χ0n) is 16.6. The monoisotopic (exact) mass is 359 g/mol. The fourth-order valence-electron chi connectivity index (χ4n) is 3.36. The lowest BCUT2D eigenvalue weighted by Gasteiger charge is -2.32. The fourth-order valence-corrected chi connectivity index (χ4v) is 3.36. The number of hydrogen-bond acceptors (Lipinski definition) is 4. The highest BCUT2D eigenvalue weighted by Gasteiger charge is 2.51. The van der Waals surface area contributed by atoms with Crippen LogP contribution in [-0.4, -0.2) is 48.8 Å². The molecule has 0 spiro atoms. The maximum absolute atomic E-state index is 11.4. The Morgan fingerprint density at radius 2 is 1.81 bits per heavy atom. The Bertz CT molecular complexity index is 637. The summed E-state index contributed by atoms with van der Waals surface area (Å²) in [7, 11) is -0.373. The van der Waals surface area contributed by atoms with Gasteiger partial charge in [-0.3, -0.25) is 4.79 Å². The van der Waals surface area contributed by atoms with E-state index in [1.807, 2.05) is 29.2 Å². The maximum atomic E-state index is 11.4. The normalized spacial score (nSPS) is 22.5. The molecule has 0 aliphatic carbocycles. The van der Waals surface area contributed by atoms with E-state index in [1.165, 1.54) is 0 Å². The summed E-state index contributed by atoms with van der Waals surface area (Å²) in [5, 5.41) is 0. The summed E-state index contributed by atoms with van der Waals surface area (Å²) in [6, 6.07) is 7.97. The van der Waals surface area contributed by atoms with E-state index < -0.39 is 0 Å². The van der Waals surface area contributed by atoms with Crippen LogP contribution in [0.3, 0.4) is 0 Å². The van der Waals surface area contributed by atoms with Gasteiger partial charge in [-0.05, 0) is 64.1 Å². The van der Waals surface area contributed by atoms with Crippen molar-refractivity contribution in [3.05, 3.63) is 24.3 Å². The first-order valence-corrected chi connectivity index (χ1v) is 9.52. The van der Waals surface area contributed by atoms with Crippen molar-refractivity contribution in [2.24, 2.45) is 5.92 Å². The highest BCUT2D eigenvalue weighted by molar-refractivity contribution is 6.62. The molecule has 5 nitrogen and oxygen atoms in total. The predicted octanol–water partition coefficient (Wildman–Crippen LogP) is 2.62. The summed E-state index contributed by atoms with van der Waals surface area (Å²) < 4.78 is 18.3. The molecule has 1 aromatic rings. The van der Waals surface area contributed by atoms with Crippen molar-refractivity contribution in [3.63, 3.8) is 0 Å². The van der Waals surface area contributed by atoms with Crippen LogP contribution in [0.15, 0.2) is 24.3 Å². The first-order valence-electron chi connectivity index (χ1n) is 9.52. The Labute approximate surface area is 157 Å². The third-order valence-electron chi connectivity index (χ3n) is 5.93. The van der Waals surface area contributed by atoms with Gasteiger partial charge in [-0.15, -0.1) is 0 Å². The number of carbonyl (C=O) groups is 1. The molecule has 1 aromatic carbocycles. The summed E-state index contributed by atoms with van der Waals surface area (Å²) >= 11 is 0. The minimum absolute atomic E-state index is 0.166. The maximum Gasteiger partial charge on any atom is 0.494 e. The van der Waals surface area contributed by atoms with Crippen molar-refractivity contribution in [1.29, 1.82) is 0 Å². The van der Waals surface area contributed by atoms with Gasteiger partial charge in [0.05, 0.1) is 17.8 Å². The average Bonchev–Trinajstić information content (AvgIpc) is 2.81. The molecule has 2 fully saturated rings. The van der Waals surface area contributed by atoms with Crippen LogP contribution in [0.2, 0.25) is 0 Å². The molecule has 0 bridgehead atoms. The van der Waals surface area contributed by atoms with Gasteiger partial charge in [-0.1, -0.05) is 12.1 Å². The Morgan fingerprint density at radius 1 is 1.19 bits per heavy atom. The molecule has 0 atom stereocenters. The lowest BCUT2D eigenvalue weighted by molar-refractivity contribution is -0.130. The van der Waals surface area contributed by atoms with Crippen molar-refractivity contribution >= 4 is 18.5 Å². The highest BCUT2D eigenvalue weighted by atomic mass is 16.7. The van der Waals surface area contributed by atoms with Crippen molar-refractivity contribution in [2.45, 2.75) is 58.7 Å². The van der Waals surface area contributed by atoms with E-state index in [4.69, 9.17) is 14.0 Å². The number of likely N-dealkylation sites (tertiary alicyclic amines) is 1. The van der Waals surface area contributed by atoms with Crippen LogP contribution in [-0.2, 0) is 14.1 Å². The summed E-state index contributed by atoms with van der Waals surface area (Å²) in [6.07, 6.45) is 1.99. The highest BCUT2D eigenvalue weighted by Crippen LogP contribution is 2.36. The van der Waals surface area contributed by atoms with Crippen LogP contribution in [0.5, 0.6) is 5.75 Å². The molecule has 0 unspecified atom stereocenters. The quantitative estimate of drug-likeness (QED) is 0.776. The van der Waals surface area contributed by atoms with Crippen LogP contribution in [0.1, 0.15) is 47.5 Å². The molecule has 0 N–H and O–H groups in total. The van der Waals surface area contributed by atoms with Crippen LogP contribution in [0.25, 0.3) is 0 Å². The number of carbonyl (C=O) groups excluding carboxylic acids is 1. The standard InChI is InChI=1S/C20H30BNO4/c1-15(23)22-11-9-16(10-12-22)14-24-18-8-6-7-17(13-18)21-25-19(2,3)20(4,5)26-21/h6-8,13,16H,9-12,14H2,1-5H3. The van der Waals surface area contributed by atoms with Gasteiger partial charge < -0.3 is 18.9 Å². The average molecular weight is 359 g/mol. The second kappa shape index (κ2) is 7.24. The molecule has 0 aromatic heterocycles. The van der Waals surface area contributed by atoms with E-state index in [1.54, 1.807) is 6.92 Å². The molecule has 2 heterocycles. The zero-order valence-corrected chi connectivity index (χ0v) is 16.6. The van der Waals surface area contributed by atoms with Gasteiger partial charge in [0.15, 0.2) is 0 Å². The molecule has 142 valence electrons. The molecule has 2 saturated heterocycles. The predicted molar refractivity (Wildman–Crippen MR) is 103 cm³/mol. The smallest absolute Gasteiger partial charge is 0.493 e. The second-order valence-corrected chi connectivity index (χ2v) is 8.42. The lowest BCUT2D eigenvalue weighted by Crippen LogP contribution is -2.41. The van der Waals surface area contributed by atoms with Crippen LogP contribution < -0.4 is 10.2 Å². The minimum atomic E-state index is -0.373. The first kappa shape index (κ1) is 19.2. The molecule has 6 heteroatoms. The number of rotatable bonds is 4. The molecule has 1 amide bonds. The largest absolute Gasteiger partial charge is 0.494 e. The Morgan fingerprint density at radius 3 is 2.38 bits per heavy atom. The van der Waals surface area contributed by atoms with Crippen LogP contribution >= 0.6 is 0 Å². The molecule has 0 saturated carbocycles. The molecular formula is C20H30BNO4. The SMILES string of the molecule is CC(=O)N1CCC(COc2cccc(B3OC(C)(C)C(C)(C)O3)c2)CC1. The van der Waals surface area contributed by atoms with Gasteiger partial charge in [0, 0.05) is 20.0 Å². The lowest BCUT2D eigenvalue weighted by atomic mass is 9.79. The third-order valence-corrected chi connectivity index (χ3v) is 5.93. The van der Waals surface area contributed by atoms with Gasteiger partial charge in [-0.2, -0.15) is 0 Å². The van der Waals surface area contributed by atoms with Gasteiger partial charge in [0.2, 0.25) is 5.91 Å². The molecule has 2 aliphatic heterocycles. The van der Waals surface area contributed by atoms with Gasteiger partial charge in [-0.25, -0.2) is 0 Å². The molecule has 2 aliphatic rings. The zero-order chi connectivity index (χ0) is 18.9. The summed E-state index contributed by atoms with van der Waals surface area (Å²) in [6.45, 7) is 12.2. The Balaban J connectivity index is 1.56. The van der Waals surface area contributed by atoms with Crippen molar-refractivity contribution in [3.8, 4) is 5.75 Å². The van der Waals surface area contributed by atoms with E-state index in [2.05, 4.69) is 27.7 Å². The van der Waals surface area contributed by atoms with Crippen molar-refractivity contribution in [2.75, 3.05) is 19.7 Å². The van der Waals surface area contributed by atoms with Crippen LogP contribution in [0.4, 0.5) is 0 Å². The van der Waals surface area contributed by atoms with Gasteiger partial charge >= 0.3 is 7.12 Å². The van der Waals surface area contributed by atoms with Crippen molar-refractivity contribution < 1.29 is 18.8 Å². The van der Waals surface area contributed by atoms with E-state index in [-0.39, 0.29) is 24.2 Å². The van der Waals surface area contributed by atoms with Gasteiger partial charge in [0.25, 0.3) is 0 Å². The summed E-state index contributed by atoms with van der Waals surface area (Å²) in [5.74, 6) is 1.50. The van der Waals surface area contributed by atoms with E-state index >= 15 is 0 Å². The number of amides is 1. The van der Waals surface area contributed by atoms with E-state index in [9.17, 15) is 4.79 Å².